The third kappa shape index (κ3) is 5.48. The molecule has 0 bridgehead atoms. The predicted octanol–water partition coefficient (Wildman–Crippen LogP) is 0.353. The first-order valence-corrected chi connectivity index (χ1v) is 6.36. The summed E-state index contributed by atoms with van der Waals surface area (Å²) in [4.78, 5) is 4.64. The van der Waals surface area contributed by atoms with Crippen LogP contribution in [0.15, 0.2) is 0 Å². The van der Waals surface area contributed by atoms with Crippen molar-refractivity contribution < 1.29 is 4.74 Å². The molecular formula is C12H26N4O. The summed E-state index contributed by atoms with van der Waals surface area (Å²) in [6.45, 7) is 8.94. The molecule has 0 aromatic carbocycles. The van der Waals surface area contributed by atoms with Gasteiger partial charge in [-0.25, -0.2) is 0 Å². The summed E-state index contributed by atoms with van der Waals surface area (Å²) in [6, 6.07) is 0.463. The summed E-state index contributed by atoms with van der Waals surface area (Å²) in [5.41, 5.74) is 5.41. The molecule has 1 atom stereocenters. The number of hydrogen-bond donors (Lipinski definition) is 2. The van der Waals surface area contributed by atoms with Gasteiger partial charge in [0.15, 0.2) is 0 Å². The van der Waals surface area contributed by atoms with Gasteiger partial charge in [-0.2, -0.15) is 0 Å². The van der Waals surface area contributed by atoms with Crippen LogP contribution in [-0.2, 0) is 4.74 Å². The fraction of sp³-hybridized carbons (Fsp3) is 0.917. The second kappa shape index (κ2) is 6.93. The normalized spacial score (nSPS) is 22.3. The number of rotatable bonds is 6. The third-order valence-corrected chi connectivity index (χ3v) is 3.18. The van der Waals surface area contributed by atoms with Crippen LogP contribution in [0.5, 0.6) is 0 Å². The first-order chi connectivity index (χ1) is 7.99. The van der Waals surface area contributed by atoms with Crippen molar-refractivity contribution >= 4 is 5.84 Å². The quantitative estimate of drug-likeness (QED) is 0.521. The predicted molar refractivity (Wildman–Crippen MR) is 70.5 cm³/mol. The zero-order valence-corrected chi connectivity index (χ0v) is 11.3. The summed E-state index contributed by atoms with van der Waals surface area (Å²) < 4.78 is 5.77. The number of hydrogen-bond acceptors (Lipinski definition) is 4. The molecule has 0 spiro atoms. The Morgan fingerprint density at radius 2 is 2.29 bits per heavy atom. The Labute approximate surface area is 104 Å². The summed E-state index contributed by atoms with van der Waals surface area (Å²) in [5.74, 6) is 0.261. The number of ether oxygens (including phenoxy) is 1. The Morgan fingerprint density at radius 1 is 1.59 bits per heavy atom. The van der Waals surface area contributed by atoms with Gasteiger partial charge in [0, 0.05) is 38.6 Å². The summed E-state index contributed by atoms with van der Waals surface area (Å²) in [5, 5.41) is 7.29. The number of nitrogens with zero attached hydrogens (tertiary/aromatic N) is 2. The Kier molecular flexibility index (Phi) is 5.88. The second-order valence-corrected chi connectivity index (χ2v) is 5.12. The lowest BCUT2D eigenvalue weighted by Crippen LogP contribution is -2.48. The molecule has 5 heteroatoms. The van der Waals surface area contributed by atoms with Crippen molar-refractivity contribution in [3.05, 3.63) is 0 Å². The fourth-order valence-electron chi connectivity index (χ4n) is 2.06. The maximum atomic E-state index is 7.29. The van der Waals surface area contributed by atoms with Crippen molar-refractivity contribution in [1.29, 1.82) is 5.41 Å². The van der Waals surface area contributed by atoms with Gasteiger partial charge in [0.1, 0.15) is 0 Å². The lowest BCUT2D eigenvalue weighted by atomic mass is 10.2. The number of morpholine rings is 1. The van der Waals surface area contributed by atoms with Crippen LogP contribution in [-0.4, -0.2) is 67.6 Å². The summed E-state index contributed by atoms with van der Waals surface area (Å²) in [7, 11) is 2.13. The summed E-state index contributed by atoms with van der Waals surface area (Å²) in [6.07, 6.45) is 0.920. The highest BCUT2D eigenvalue weighted by Gasteiger charge is 2.21. The van der Waals surface area contributed by atoms with Gasteiger partial charge in [0.25, 0.3) is 0 Å². The van der Waals surface area contributed by atoms with Crippen molar-refractivity contribution in [3.8, 4) is 0 Å². The molecule has 1 saturated heterocycles. The van der Waals surface area contributed by atoms with Gasteiger partial charge in [-0.1, -0.05) is 0 Å². The Bertz CT molecular complexity index is 245. The van der Waals surface area contributed by atoms with E-state index in [2.05, 4.69) is 30.7 Å². The largest absolute Gasteiger partial charge is 0.388 e. The standard InChI is InChI=1S/C12H26N4O/c1-10(2)16(5-4-12(13)14)9-11-8-15(3)6-7-17-11/h10-11H,4-9H2,1-3H3,(H3,13,14). The lowest BCUT2D eigenvalue weighted by molar-refractivity contribution is -0.0392. The highest BCUT2D eigenvalue weighted by Crippen LogP contribution is 2.08. The number of likely N-dealkylation sites (N-methyl/N-ethyl adjacent to an activating group) is 1. The van der Waals surface area contributed by atoms with E-state index in [0.717, 1.165) is 32.8 Å². The Balaban J connectivity index is 2.39. The first-order valence-electron chi connectivity index (χ1n) is 6.36. The van der Waals surface area contributed by atoms with Gasteiger partial charge in [-0.3, -0.25) is 10.3 Å². The molecule has 17 heavy (non-hydrogen) atoms. The molecule has 1 fully saturated rings. The van der Waals surface area contributed by atoms with E-state index < -0.39 is 0 Å². The molecule has 0 saturated carbocycles. The average molecular weight is 242 g/mol. The van der Waals surface area contributed by atoms with Crippen molar-refractivity contribution in [2.75, 3.05) is 39.8 Å². The SMILES string of the molecule is CC(C)N(CCC(=N)N)CC1CN(C)CCO1. The minimum absolute atomic E-state index is 0.261. The van der Waals surface area contributed by atoms with Crippen LogP contribution in [0.3, 0.4) is 0 Å². The number of nitrogens with one attached hydrogen (secondary N) is 1. The maximum Gasteiger partial charge on any atom is 0.0918 e. The molecule has 0 aliphatic carbocycles. The fourth-order valence-corrected chi connectivity index (χ4v) is 2.06. The van der Waals surface area contributed by atoms with E-state index in [0.29, 0.717) is 12.5 Å². The zero-order chi connectivity index (χ0) is 12.8. The molecule has 1 aliphatic heterocycles. The topological polar surface area (TPSA) is 65.6 Å². The van der Waals surface area contributed by atoms with Crippen LogP contribution in [0.4, 0.5) is 0 Å². The molecule has 1 rings (SSSR count). The highest BCUT2D eigenvalue weighted by molar-refractivity contribution is 5.76. The zero-order valence-electron chi connectivity index (χ0n) is 11.3. The molecule has 100 valence electrons. The lowest BCUT2D eigenvalue weighted by Gasteiger charge is -2.35. The Hall–Kier alpha value is -0.650. The van der Waals surface area contributed by atoms with Gasteiger partial charge in [0.05, 0.1) is 18.5 Å². The molecular weight excluding hydrogens is 216 g/mol. The van der Waals surface area contributed by atoms with E-state index in [4.69, 9.17) is 15.9 Å². The van der Waals surface area contributed by atoms with Crippen molar-refractivity contribution in [1.82, 2.24) is 9.80 Å². The molecule has 0 aromatic rings. The van der Waals surface area contributed by atoms with Crippen LogP contribution in [0, 0.1) is 5.41 Å². The molecule has 3 N–H and O–H groups in total. The molecule has 0 radical (unpaired) electrons. The van der Waals surface area contributed by atoms with E-state index >= 15 is 0 Å². The number of amidine groups is 1. The minimum Gasteiger partial charge on any atom is -0.388 e. The molecule has 1 unspecified atom stereocenters. The van der Waals surface area contributed by atoms with Crippen LogP contribution in [0.2, 0.25) is 0 Å². The van der Waals surface area contributed by atoms with Crippen molar-refractivity contribution in [2.45, 2.75) is 32.4 Å². The van der Waals surface area contributed by atoms with Gasteiger partial charge < -0.3 is 15.4 Å². The molecule has 0 aromatic heterocycles. The van der Waals surface area contributed by atoms with Crippen LogP contribution < -0.4 is 5.73 Å². The van der Waals surface area contributed by atoms with E-state index in [1.165, 1.54) is 0 Å². The van der Waals surface area contributed by atoms with E-state index in [-0.39, 0.29) is 11.9 Å². The second-order valence-electron chi connectivity index (χ2n) is 5.12. The van der Waals surface area contributed by atoms with Crippen molar-refractivity contribution in [2.24, 2.45) is 5.73 Å². The van der Waals surface area contributed by atoms with E-state index in [9.17, 15) is 0 Å². The van der Waals surface area contributed by atoms with Crippen LogP contribution in [0.1, 0.15) is 20.3 Å². The smallest absolute Gasteiger partial charge is 0.0918 e. The van der Waals surface area contributed by atoms with Gasteiger partial charge in [-0.05, 0) is 20.9 Å². The third-order valence-electron chi connectivity index (χ3n) is 3.18. The van der Waals surface area contributed by atoms with Gasteiger partial charge >= 0.3 is 0 Å². The molecule has 1 heterocycles. The minimum atomic E-state index is 0.261. The molecule has 1 aliphatic rings. The van der Waals surface area contributed by atoms with Crippen LogP contribution in [0.25, 0.3) is 0 Å². The van der Waals surface area contributed by atoms with Gasteiger partial charge in [-0.15, -0.1) is 0 Å². The van der Waals surface area contributed by atoms with Crippen LogP contribution >= 0.6 is 0 Å². The average Bonchev–Trinajstić information content (AvgIpc) is 2.23. The molecule has 5 nitrogen and oxygen atoms in total. The first kappa shape index (κ1) is 14.4. The van der Waals surface area contributed by atoms with Gasteiger partial charge in [0.2, 0.25) is 0 Å². The molecule has 0 amide bonds. The van der Waals surface area contributed by atoms with E-state index in [1.807, 2.05) is 0 Å². The van der Waals surface area contributed by atoms with Crippen molar-refractivity contribution in [3.63, 3.8) is 0 Å². The monoisotopic (exact) mass is 242 g/mol. The van der Waals surface area contributed by atoms with E-state index in [1.54, 1.807) is 0 Å². The number of nitrogens with two attached hydrogens (primary N) is 1. The Morgan fingerprint density at radius 3 is 2.82 bits per heavy atom. The maximum absolute atomic E-state index is 7.29. The highest BCUT2D eigenvalue weighted by atomic mass is 16.5. The summed E-state index contributed by atoms with van der Waals surface area (Å²) >= 11 is 0.